The Hall–Kier alpha value is -2.45. The molecule has 0 fully saturated rings. The SMILES string of the molecule is CCOC(=O)c1c(NC(=O)c2cc([N+](=O)[O-])ccc2Cl)sc2c1CCC2. The van der Waals surface area contributed by atoms with Crippen molar-refractivity contribution < 1.29 is 19.2 Å². The molecule has 1 heterocycles. The van der Waals surface area contributed by atoms with Gasteiger partial charge in [-0.15, -0.1) is 11.3 Å². The number of benzene rings is 1. The Morgan fingerprint density at radius 3 is 2.85 bits per heavy atom. The normalized spacial score (nSPS) is 12.5. The molecule has 0 aliphatic heterocycles. The zero-order valence-electron chi connectivity index (χ0n) is 13.8. The maximum absolute atomic E-state index is 12.6. The second-order valence-corrected chi connectivity index (χ2v) is 7.17. The van der Waals surface area contributed by atoms with Gasteiger partial charge in [0.25, 0.3) is 11.6 Å². The van der Waals surface area contributed by atoms with Crippen LogP contribution in [-0.2, 0) is 17.6 Å². The van der Waals surface area contributed by atoms with Gasteiger partial charge >= 0.3 is 5.97 Å². The van der Waals surface area contributed by atoms with Crippen molar-refractivity contribution in [3.63, 3.8) is 0 Å². The van der Waals surface area contributed by atoms with E-state index >= 15 is 0 Å². The van der Waals surface area contributed by atoms with Crippen molar-refractivity contribution in [2.75, 3.05) is 11.9 Å². The fourth-order valence-corrected chi connectivity index (χ4v) is 4.36. The maximum atomic E-state index is 12.6. The first-order chi connectivity index (χ1) is 12.4. The molecular weight excluding hydrogens is 380 g/mol. The summed E-state index contributed by atoms with van der Waals surface area (Å²) >= 11 is 7.35. The summed E-state index contributed by atoms with van der Waals surface area (Å²) < 4.78 is 5.11. The third-order valence-electron chi connectivity index (χ3n) is 4.03. The van der Waals surface area contributed by atoms with Crippen molar-refractivity contribution in [2.24, 2.45) is 0 Å². The molecule has 136 valence electrons. The number of rotatable bonds is 5. The van der Waals surface area contributed by atoms with E-state index in [9.17, 15) is 19.7 Å². The Kier molecular flexibility index (Phi) is 5.24. The highest BCUT2D eigenvalue weighted by molar-refractivity contribution is 7.17. The van der Waals surface area contributed by atoms with Crippen LogP contribution in [0.15, 0.2) is 18.2 Å². The minimum absolute atomic E-state index is 0.0239. The molecule has 0 saturated heterocycles. The van der Waals surface area contributed by atoms with Gasteiger partial charge in [-0.1, -0.05) is 11.6 Å². The van der Waals surface area contributed by atoms with Gasteiger partial charge in [0.15, 0.2) is 0 Å². The van der Waals surface area contributed by atoms with Crippen LogP contribution in [0.2, 0.25) is 5.02 Å². The number of nitrogens with one attached hydrogen (secondary N) is 1. The van der Waals surface area contributed by atoms with Crippen molar-refractivity contribution >= 4 is 45.5 Å². The van der Waals surface area contributed by atoms with Crippen molar-refractivity contribution in [3.8, 4) is 0 Å². The lowest BCUT2D eigenvalue weighted by molar-refractivity contribution is -0.384. The molecule has 26 heavy (non-hydrogen) atoms. The standard InChI is InChI=1S/C17H15ClN2O5S/c1-2-25-17(22)14-10-4-3-5-13(10)26-16(14)19-15(21)11-8-9(20(23)24)6-7-12(11)18/h6-8H,2-5H2,1H3,(H,19,21). The molecule has 1 aliphatic carbocycles. The number of carbonyl (C=O) groups excluding carboxylic acids is 2. The summed E-state index contributed by atoms with van der Waals surface area (Å²) in [7, 11) is 0. The van der Waals surface area contributed by atoms with Gasteiger partial charge in [-0.05, 0) is 37.8 Å². The summed E-state index contributed by atoms with van der Waals surface area (Å²) in [5.74, 6) is -1.09. The van der Waals surface area contributed by atoms with Crippen LogP contribution in [0.25, 0.3) is 0 Å². The van der Waals surface area contributed by atoms with E-state index in [1.165, 1.54) is 23.5 Å². The van der Waals surface area contributed by atoms with Crippen molar-refractivity contribution in [1.29, 1.82) is 0 Å². The van der Waals surface area contributed by atoms with Crippen molar-refractivity contribution in [2.45, 2.75) is 26.2 Å². The van der Waals surface area contributed by atoms with Gasteiger partial charge in [0.2, 0.25) is 0 Å². The number of halogens is 1. The van der Waals surface area contributed by atoms with E-state index in [0.29, 0.717) is 10.6 Å². The van der Waals surface area contributed by atoms with Crippen LogP contribution < -0.4 is 5.32 Å². The third-order valence-corrected chi connectivity index (χ3v) is 5.57. The van der Waals surface area contributed by atoms with Gasteiger partial charge in [0, 0.05) is 17.0 Å². The fraction of sp³-hybridized carbons (Fsp3) is 0.294. The molecule has 1 aromatic heterocycles. The van der Waals surface area contributed by atoms with E-state index in [0.717, 1.165) is 35.8 Å². The van der Waals surface area contributed by atoms with E-state index < -0.39 is 16.8 Å². The summed E-state index contributed by atoms with van der Waals surface area (Å²) in [6, 6.07) is 3.64. The van der Waals surface area contributed by atoms with Crippen LogP contribution in [0.1, 0.15) is 44.5 Å². The summed E-state index contributed by atoms with van der Waals surface area (Å²) in [5.41, 5.74) is 1.02. The second-order valence-electron chi connectivity index (χ2n) is 5.66. The summed E-state index contributed by atoms with van der Waals surface area (Å²) in [6.45, 7) is 1.94. The fourth-order valence-electron chi connectivity index (χ4n) is 2.88. The molecule has 0 atom stereocenters. The molecule has 2 aromatic rings. The van der Waals surface area contributed by atoms with Gasteiger partial charge < -0.3 is 10.1 Å². The van der Waals surface area contributed by atoms with E-state index in [-0.39, 0.29) is 22.9 Å². The van der Waals surface area contributed by atoms with Gasteiger partial charge in [0.05, 0.1) is 27.7 Å². The number of amides is 1. The van der Waals surface area contributed by atoms with Crippen LogP contribution in [0.4, 0.5) is 10.7 Å². The van der Waals surface area contributed by atoms with E-state index in [1.807, 2.05) is 0 Å². The van der Waals surface area contributed by atoms with Crippen LogP contribution in [-0.4, -0.2) is 23.4 Å². The highest BCUT2D eigenvalue weighted by Crippen LogP contribution is 2.40. The molecule has 1 N–H and O–H groups in total. The molecular formula is C17H15ClN2O5S. The minimum atomic E-state index is -0.607. The van der Waals surface area contributed by atoms with E-state index in [1.54, 1.807) is 6.92 Å². The zero-order valence-corrected chi connectivity index (χ0v) is 15.4. The lowest BCUT2D eigenvalue weighted by atomic mass is 10.1. The number of anilines is 1. The number of hydrogen-bond donors (Lipinski definition) is 1. The molecule has 7 nitrogen and oxygen atoms in total. The first-order valence-electron chi connectivity index (χ1n) is 7.99. The number of non-ortho nitro benzene ring substituents is 1. The Labute approximate surface area is 158 Å². The third kappa shape index (κ3) is 3.42. The molecule has 9 heteroatoms. The molecule has 1 aromatic carbocycles. The number of esters is 1. The number of nitro groups is 1. The maximum Gasteiger partial charge on any atom is 0.341 e. The van der Waals surface area contributed by atoms with Crippen LogP contribution in [0.5, 0.6) is 0 Å². The van der Waals surface area contributed by atoms with Crippen LogP contribution >= 0.6 is 22.9 Å². The second kappa shape index (κ2) is 7.43. The number of fused-ring (bicyclic) bond motifs is 1. The first kappa shape index (κ1) is 18.3. The van der Waals surface area contributed by atoms with E-state index in [2.05, 4.69) is 5.32 Å². The number of thiophene rings is 1. The molecule has 1 amide bonds. The molecule has 0 bridgehead atoms. The Morgan fingerprint density at radius 2 is 2.15 bits per heavy atom. The average Bonchev–Trinajstić information content (AvgIpc) is 3.15. The molecule has 0 spiro atoms. The largest absolute Gasteiger partial charge is 0.462 e. The molecule has 1 aliphatic rings. The molecule has 3 rings (SSSR count). The van der Waals surface area contributed by atoms with Crippen LogP contribution in [0, 0.1) is 10.1 Å². The Bertz CT molecular complexity index is 909. The predicted molar refractivity (Wildman–Crippen MR) is 98.4 cm³/mol. The number of ether oxygens (including phenoxy) is 1. The van der Waals surface area contributed by atoms with E-state index in [4.69, 9.17) is 16.3 Å². The van der Waals surface area contributed by atoms with Gasteiger partial charge in [-0.3, -0.25) is 14.9 Å². The highest BCUT2D eigenvalue weighted by atomic mass is 35.5. The lowest BCUT2D eigenvalue weighted by Gasteiger charge is -2.09. The topological polar surface area (TPSA) is 98.5 Å². The first-order valence-corrected chi connectivity index (χ1v) is 9.18. The average molecular weight is 395 g/mol. The number of aryl methyl sites for hydroxylation is 1. The minimum Gasteiger partial charge on any atom is -0.462 e. The number of hydrogen-bond acceptors (Lipinski definition) is 6. The number of nitro benzene ring substituents is 1. The Morgan fingerprint density at radius 1 is 1.38 bits per heavy atom. The molecule has 0 saturated carbocycles. The van der Waals surface area contributed by atoms with Gasteiger partial charge in [-0.2, -0.15) is 0 Å². The zero-order chi connectivity index (χ0) is 18.8. The molecule has 0 radical (unpaired) electrons. The van der Waals surface area contributed by atoms with Crippen molar-refractivity contribution in [1.82, 2.24) is 0 Å². The monoisotopic (exact) mass is 394 g/mol. The van der Waals surface area contributed by atoms with Gasteiger partial charge in [-0.25, -0.2) is 4.79 Å². The molecule has 0 unspecified atom stereocenters. The van der Waals surface area contributed by atoms with Crippen LogP contribution in [0.3, 0.4) is 0 Å². The highest BCUT2D eigenvalue weighted by Gasteiger charge is 2.29. The summed E-state index contributed by atoms with van der Waals surface area (Å²) in [6.07, 6.45) is 2.56. The number of nitrogens with zero attached hydrogens (tertiary/aromatic N) is 1. The summed E-state index contributed by atoms with van der Waals surface area (Å²) in [4.78, 5) is 36.3. The smallest absolute Gasteiger partial charge is 0.341 e. The van der Waals surface area contributed by atoms with Crippen molar-refractivity contribution in [3.05, 3.63) is 54.9 Å². The predicted octanol–water partition coefficient (Wildman–Crippen LogP) is 4.23. The summed E-state index contributed by atoms with van der Waals surface area (Å²) in [5, 5.41) is 14.1. The Balaban J connectivity index is 1.94. The number of carbonyl (C=O) groups is 2. The lowest BCUT2D eigenvalue weighted by Crippen LogP contribution is -2.15. The van der Waals surface area contributed by atoms with Gasteiger partial charge in [0.1, 0.15) is 5.00 Å². The quantitative estimate of drug-likeness (QED) is 0.465.